The predicted octanol–water partition coefficient (Wildman–Crippen LogP) is 3.23. The van der Waals surface area contributed by atoms with Crippen LogP contribution in [0.15, 0.2) is 23.1 Å². The van der Waals surface area contributed by atoms with Gasteiger partial charge in [0, 0.05) is 18.8 Å². The maximum Gasteiger partial charge on any atom is 0.312 e. The Balaban J connectivity index is 1.45. The van der Waals surface area contributed by atoms with E-state index in [9.17, 15) is 23.1 Å². The van der Waals surface area contributed by atoms with Crippen molar-refractivity contribution in [2.45, 2.75) is 82.8 Å². The fraction of sp³-hybridized carbons (Fsp3) is 0.680. The lowest BCUT2D eigenvalue weighted by molar-refractivity contribution is -0.199. The van der Waals surface area contributed by atoms with E-state index in [-0.39, 0.29) is 4.90 Å². The van der Waals surface area contributed by atoms with Crippen molar-refractivity contribution >= 4 is 27.6 Å². The van der Waals surface area contributed by atoms with Gasteiger partial charge in [-0.1, -0.05) is 19.9 Å². The summed E-state index contributed by atoms with van der Waals surface area (Å²) in [6.07, 6.45) is 3.35. The maximum absolute atomic E-state index is 13.2. The number of hydrogen-bond donors (Lipinski definition) is 2. The summed E-state index contributed by atoms with van der Waals surface area (Å²) in [6, 6.07) is 4.74. The molecule has 9 heteroatoms. The molecule has 188 valence electrons. The lowest BCUT2D eigenvalue weighted by Gasteiger charge is -2.58. The molecular formula is C25H36N2O6S. The Bertz CT molecular complexity index is 1070. The van der Waals surface area contributed by atoms with Gasteiger partial charge in [-0.25, -0.2) is 8.42 Å². The lowest BCUT2D eigenvalue weighted by atomic mass is 9.48. The number of nitrogens with one attached hydrogen (secondary N) is 1. The summed E-state index contributed by atoms with van der Waals surface area (Å²) >= 11 is 0. The zero-order valence-electron chi connectivity index (χ0n) is 20.5. The van der Waals surface area contributed by atoms with Crippen LogP contribution in [0.2, 0.25) is 0 Å². The highest BCUT2D eigenvalue weighted by atomic mass is 32.2. The third-order valence-electron chi connectivity index (χ3n) is 7.90. The van der Waals surface area contributed by atoms with Gasteiger partial charge in [0.15, 0.2) is 6.10 Å². The summed E-state index contributed by atoms with van der Waals surface area (Å²) in [5, 5.41) is 13.6. The first kappa shape index (κ1) is 25.1. The van der Waals surface area contributed by atoms with Gasteiger partial charge in [0.25, 0.3) is 5.91 Å². The van der Waals surface area contributed by atoms with Crippen molar-refractivity contribution in [2.24, 2.45) is 17.3 Å². The summed E-state index contributed by atoms with van der Waals surface area (Å²) in [4.78, 5) is 26.2. The number of ether oxygens (including phenoxy) is 1. The predicted molar refractivity (Wildman–Crippen MR) is 128 cm³/mol. The SMILES string of the molecule is CCN(CC)S(=O)(=O)c1cc(NC(=O)C(C)OC(=O)C23CC4CC(CC(O)(C4)C2)C3)ccc1C. The minimum Gasteiger partial charge on any atom is -0.452 e. The Hall–Kier alpha value is -1.97. The van der Waals surface area contributed by atoms with E-state index in [1.54, 1.807) is 32.9 Å². The molecule has 4 fully saturated rings. The zero-order valence-corrected chi connectivity index (χ0v) is 21.3. The summed E-state index contributed by atoms with van der Waals surface area (Å²) in [5.41, 5.74) is -0.580. The minimum absolute atomic E-state index is 0.139. The van der Waals surface area contributed by atoms with E-state index in [0.29, 0.717) is 55.4 Å². The molecule has 34 heavy (non-hydrogen) atoms. The fourth-order valence-corrected chi connectivity index (χ4v) is 8.40. The van der Waals surface area contributed by atoms with Crippen molar-refractivity contribution in [3.8, 4) is 0 Å². The molecule has 1 amide bonds. The van der Waals surface area contributed by atoms with Crippen LogP contribution >= 0.6 is 0 Å². The third-order valence-corrected chi connectivity index (χ3v) is 10.1. The monoisotopic (exact) mass is 492 g/mol. The topological polar surface area (TPSA) is 113 Å². The van der Waals surface area contributed by atoms with Crippen molar-refractivity contribution in [2.75, 3.05) is 18.4 Å². The molecule has 0 saturated heterocycles. The van der Waals surface area contributed by atoms with Gasteiger partial charge in [0.05, 0.1) is 15.9 Å². The molecule has 5 rings (SSSR count). The summed E-state index contributed by atoms with van der Waals surface area (Å²) < 4.78 is 33.0. The van der Waals surface area contributed by atoms with E-state index in [0.717, 1.165) is 19.3 Å². The van der Waals surface area contributed by atoms with E-state index in [1.807, 2.05) is 0 Å². The molecule has 2 N–H and O–H groups in total. The molecular weight excluding hydrogens is 456 g/mol. The number of amides is 1. The molecule has 0 aromatic heterocycles. The van der Waals surface area contributed by atoms with Crippen molar-refractivity contribution in [1.82, 2.24) is 4.31 Å². The molecule has 1 aromatic carbocycles. The molecule has 4 bridgehead atoms. The number of nitrogens with zero attached hydrogens (tertiary/aromatic N) is 1. The van der Waals surface area contributed by atoms with Crippen LogP contribution in [0.25, 0.3) is 0 Å². The number of esters is 1. The van der Waals surface area contributed by atoms with Gasteiger partial charge in [-0.2, -0.15) is 4.31 Å². The van der Waals surface area contributed by atoms with Crippen molar-refractivity contribution < 1.29 is 27.9 Å². The summed E-state index contributed by atoms with van der Waals surface area (Å²) in [5.74, 6) is -0.258. The first-order chi connectivity index (χ1) is 15.9. The molecule has 3 atom stereocenters. The number of carbonyl (C=O) groups excluding carboxylic acids is 2. The molecule has 3 unspecified atom stereocenters. The summed E-state index contributed by atoms with van der Waals surface area (Å²) in [6.45, 7) is 7.48. The number of hydrogen-bond acceptors (Lipinski definition) is 6. The van der Waals surface area contributed by atoms with Crippen LogP contribution in [0.5, 0.6) is 0 Å². The number of anilines is 1. The van der Waals surface area contributed by atoms with Crippen LogP contribution < -0.4 is 5.32 Å². The van der Waals surface area contributed by atoms with Crippen LogP contribution in [-0.4, -0.2) is 54.5 Å². The van der Waals surface area contributed by atoms with E-state index in [4.69, 9.17) is 4.74 Å². The highest BCUT2D eigenvalue weighted by molar-refractivity contribution is 7.89. The van der Waals surface area contributed by atoms with Crippen LogP contribution in [0.4, 0.5) is 5.69 Å². The van der Waals surface area contributed by atoms with Gasteiger partial charge in [-0.05, 0) is 81.9 Å². The minimum atomic E-state index is -3.69. The molecule has 8 nitrogen and oxygen atoms in total. The number of benzene rings is 1. The average molecular weight is 493 g/mol. The van der Waals surface area contributed by atoms with Gasteiger partial charge >= 0.3 is 5.97 Å². The molecule has 1 aromatic rings. The second-order valence-electron chi connectivity index (χ2n) is 10.6. The van der Waals surface area contributed by atoms with E-state index in [2.05, 4.69) is 5.32 Å². The highest BCUT2D eigenvalue weighted by Crippen LogP contribution is 2.62. The molecule has 0 spiro atoms. The number of aliphatic hydroxyl groups is 1. The normalized spacial score (nSPS) is 30.9. The molecule has 0 radical (unpaired) electrons. The second kappa shape index (κ2) is 8.91. The van der Waals surface area contributed by atoms with Gasteiger partial charge in [0.2, 0.25) is 10.0 Å². The first-order valence-electron chi connectivity index (χ1n) is 12.3. The van der Waals surface area contributed by atoms with Crippen LogP contribution in [-0.2, 0) is 24.3 Å². The fourth-order valence-electron chi connectivity index (χ4n) is 6.69. The molecule has 4 aliphatic carbocycles. The largest absolute Gasteiger partial charge is 0.452 e. The number of rotatable bonds is 8. The van der Waals surface area contributed by atoms with Gasteiger partial charge in [-0.3, -0.25) is 9.59 Å². The molecule has 4 aliphatic rings. The van der Waals surface area contributed by atoms with E-state index < -0.39 is 39.0 Å². The van der Waals surface area contributed by atoms with Crippen LogP contribution in [0.3, 0.4) is 0 Å². The molecule has 4 saturated carbocycles. The smallest absolute Gasteiger partial charge is 0.312 e. The van der Waals surface area contributed by atoms with Crippen molar-refractivity contribution in [3.63, 3.8) is 0 Å². The first-order valence-corrected chi connectivity index (χ1v) is 13.7. The van der Waals surface area contributed by atoms with Crippen molar-refractivity contribution in [1.29, 1.82) is 0 Å². The third kappa shape index (κ3) is 4.50. The van der Waals surface area contributed by atoms with Crippen LogP contribution in [0, 0.1) is 24.2 Å². The quantitative estimate of drug-likeness (QED) is 0.539. The Labute approximate surface area is 202 Å². The van der Waals surface area contributed by atoms with Gasteiger partial charge in [0.1, 0.15) is 0 Å². The number of aryl methyl sites for hydroxylation is 1. The van der Waals surface area contributed by atoms with Crippen molar-refractivity contribution in [3.05, 3.63) is 23.8 Å². The van der Waals surface area contributed by atoms with Gasteiger partial charge in [-0.15, -0.1) is 0 Å². The second-order valence-corrected chi connectivity index (χ2v) is 12.5. The average Bonchev–Trinajstić information content (AvgIpc) is 2.73. The maximum atomic E-state index is 13.2. The zero-order chi connectivity index (χ0) is 24.9. The Kier molecular flexibility index (Phi) is 6.59. The molecule has 0 heterocycles. The lowest BCUT2D eigenvalue weighted by Crippen LogP contribution is -2.59. The van der Waals surface area contributed by atoms with Gasteiger partial charge < -0.3 is 15.2 Å². The highest BCUT2D eigenvalue weighted by Gasteiger charge is 2.61. The van der Waals surface area contributed by atoms with E-state index in [1.165, 1.54) is 17.3 Å². The Morgan fingerprint density at radius 2 is 1.79 bits per heavy atom. The number of carbonyl (C=O) groups is 2. The Morgan fingerprint density at radius 1 is 1.18 bits per heavy atom. The number of sulfonamides is 1. The standard InChI is InChI=1S/C25H36N2O6S/c1-5-27(6-2)34(31,32)21-10-20(8-7-16(21)3)26-22(28)17(4)33-23(29)24-11-18-9-19(12-24)14-25(30,13-18)15-24/h7-8,10,17-19,30H,5-6,9,11-15H2,1-4H3,(H,26,28). The van der Waals surface area contributed by atoms with Crippen LogP contribution in [0.1, 0.15) is 64.9 Å². The molecule has 0 aliphatic heterocycles. The Morgan fingerprint density at radius 3 is 2.35 bits per heavy atom. The summed E-state index contributed by atoms with van der Waals surface area (Å²) in [7, 11) is -3.69. The van der Waals surface area contributed by atoms with E-state index >= 15 is 0 Å².